The summed E-state index contributed by atoms with van der Waals surface area (Å²) < 4.78 is 0. The average molecular weight is 179 g/mol. The highest BCUT2D eigenvalue weighted by Crippen LogP contribution is 2.19. The van der Waals surface area contributed by atoms with E-state index in [1.807, 2.05) is 25.2 Å². The van der Waals surface area contributed by atoms with Crippen molar-refractivity contribution < 1.29 is 0 Å². The van der Waals surface area contributed by atoms with Crippen LogP contribution >= 0.6 is 0 Å². The molecule has 1 aromatic carbocycles. The lowest BCUT2D eigenvalue weighted by molar-refractivity contribution is 0.962. The molecular formula is C10H17N3. The van der Waals surface area contributed by atoms with Gasteiger partial charge in [-0.2, -0.15) is 0 Å². The first-order chi connectivity index (χ1) is 6.19. The lowest BCUT2D eigenvalue weighted by atomic mass is 10.1. The molecule has 3 heteroatoms. The van der Waals surface area contributed by atoms with Gasteiger partial charge in [0.05, 0.1) is 0 Å². The van der Waals surface area contributed by atoms with Gasteiger partial charge in [-0.25, -0.2) is 0 Å². The van der Waals surface area contributed by atoms with Crippen molar-refractivity contribution in [3.8, 4) is 0 Å². The molecular weight excluding hydrogens is 162 g/mol. The fourth-order valence-electron chi connectivity index (χ4n) is 1.19. The van der Waals surface area contributed by atoms with E-state index in [2.05, 4.69) is 11.8 Å². The summed E-state index contributed by atoms with van der Waals surface area (Å²) in [7, 11) is 2.05. The van der Waals surface area contributed by atoms with Crippen molar-refractivity contribution in [2.24, 2.45) is 5.73 Å². The third-order valence-corrected chi connectivity index (χ3v) is 2.26. The standard InChI is InChI=1S/C10H17N3/c1-3-13(2)9-4-5-10(12)8(6-9)7-11/h4-6H,3,7,11-12H2,1-2H3. The summed E-state index contributed by atoms with van der Waals surface area (Å²) in [4.78, 5) is 2.15. The number of hydrogen-bond donors (Lipinski definition) is 2. The maximum atomic E-state index is 5.74. The molecule has 0 unspecified atom stereocenters. The minimum absolute atomic E-state index is 0.497. The van der Waals surface area contributed by atoms with Crippen LogP contribution in [0.25, 0.3) is 0 Å². The Morgan fingerprint density at radius 2 is 2.08 bits per heavy atom. The Bertz CT molecular complexity index is 283. The quantitative estimate of drug-likeness (QED) is 0.685. The van der Waals surface area contributed by atoms with Crippen molar-refractivity contribution in [3.05, 3.63) is 23.8 Å². The maximum Gasteiger partial charge on any atom is 0.0368 e. The van der Waals surface area contributed by atoms with E-state index in [4.69, 9.17) is 11.5 Å². The van der Waals surface area contributed by atoms with Gasteiger partial charge in [0.2, 0.25) is 0 Å². The highest BCUT2D eigenvalue weighted by Gasteiger charge is 2.01. The first kappa shape index (κ1) is 9.86. The third kappa shape index (κ3) is 2.12. The molecule has 0 aliphatic carbocycles. The van der Waals surface area contributed by atoms with Gasteiger partial charge in [0.25, 0.3) is 0 Å². The molecule has 0 aliphatic rings. The van der Waals surface area contributed by atoms with E-state index in [0.29, 0.717) is 6.54 Å². The van der Waals surface area contributed by atoms with Gasteiger partial charge < -0.3 is 16.4 Å². The van der Waals surface area contributed by atoms with Crippen molar-refractivity contribution >= 4 is 11.4 Å². The molecule has 0 aliphatic heterocycles. The Kier molecular flexibility index (Phi) is 3.14. The minimum Gasteiger partial charge on any atom is -0.398 e. The summed E-state index contributed by atoms with van der Waals surface area (Å²) in [6, 6.07) is 5.96. The molecule has 0 spiro atoms. The monoisotopic (exact) mass is 179 g/mol. The number of anilines is 2. The molecule has 0 heterocycles. The van der Waals surface area contributed by atoms with Crippen LogP contribution in [0.15, 0.2) is 18.2 Å². The molecule has 0 aromatic heterocycles. The minimum atomic E-state index is 0.497. The normalized spacial score (nSPS) is 10.1. The second-order valence-electron chi connectivity index (χ2n) is 3.10. The molecule has 0 fully saturated rings. The lowest BCUT2D eigenvalue weighted by Gasteiger charge is -2.18. The van der Waals surface area contributed by atoms with E-state index in [1.54, 1.807) is 0 Å². The Labute approximate surface area is 79.3 Å². The van der Waals surface area contributed by atoms with Crippen LogP contribution in [0.2, 0.25) is 0 Å². The predicted octanol–water partition coefficient (Wildman–Crippen LogP) is 1.18. The van der Waals surface area contributed by atoms with Crippen molar-refractivity contribution in [1.82, 2.24) is 0 Å². The van der Waals surface area contributed by atoms with Gasteiger partial charge in [-0.1, -0.05) is 0 Å². The van der Waals surface area contributed by atoms with Crippen LogP contribution in [0.3, 0.4) is 0 Å². The van der Waals surface area contributed by atoms with E-state index < -0.39 is 0 Å². The number of hydrogen-bond acceptors (Lipinski definition) is 3. The second-order valence-corrected chi connectivity index (χ2v) is 3.10. The van der Waals surface area contributed by atoms with Crippen molar-refractivity contribution in [1.29, 1.82) is 0 Å². The lowest BCUT2D eigenvalue weighted by Crippen LogP contribution is -2.16. The highest BCUT2D eigenvalue weighted by molar-refractivity contribution is 5.58. The molecule has 1 rings (SSSR count). The summed E-state index contributed by atoms with van der Waals surface area (Å²) in [5.74, 6) is 0. The van der Waals surface area contributed by atoms with E-state index in [9.17, 15) is 0 Å². The topological polar surface area (TPSA) is 55.3 Å². The van der Waals surface area contributed by atoms with Crippen LogP contribution in [0.1, 0.15) is 12.5 Å². The van der Waals surface area contributed by atoms with Crippen molar-refractivity contribution in [2.75, 3.05) is 24.2 Å². The molecule has 0 saturated carbocycles. The van der Waals surface area contributed by atoms with Gasteiger partial charge in [-0.3, -0.25) is 0 Å². The number of nitrogen functional groups attached to an aromatic ring is 1. The van der Waals surface area contributed by atoms with E-state index in [1.165, 1.54) is 0 Å². The molecule has 0 atom stereocenters. The summed E-state index contributed by atoms with van der Waals surface area (Å²) >= 11 is 0. The molecule has 4 N–H and O–H groups in total. The fourth-order valence-corrected chi connectivity index (χ4v) is 1.19. The molecule has 3 nitrogen and oxygen atoms in total. The molecule has 0 saturated heterocycles. The van der Waals surface area contributed by atoms with Crippen molar-refractivity contribution in [2.45, 2.75) is 13.5 Å². The van der Waals surface area contributed by atoms with Gasteiger partial charge in [-0.05, 0) is 30.7 Å². The van der Waals surface area contributed by atoms with Gasteiger partial charge >= 0.3 is 0 Å². The zero-order chi connectivity index (χ0) is 9.84. The largest absolute Gasteiger partial charge is 0.398 e. The fraction of sp³-hybridized carbons (Fsp3) is 0.400. The van der Waals surface area contributed by atoms with Crippen molar-refractivity contribution in [3.63, 3.8) is 0 Å². The van der Waals surface area contributed by atoms with Crippen LogP contribution in [-0.4, -0.2) is 13.6 Å². The van der Waals surface area contributed by atoms with Gasteiger partial charge in [-0.15, -0.1) is 0 Å². The third-order valence-electron chi connectivity index (χ3n) is 2.26. The van der Waals surface area contributed by atoms with E-state index in [-0.39, 0.29) is 0 Å². The molecule has 0 amide bonds. The highest BCUT2D eigenvalue weighted by atomic mass is 15.1. The van der Waals surface area contributed by atoms with Crippen LogP contribution in [0, 0.1) is 0 Å². The average Bonchev–Trinajstić information content (AvgIpc) is 2.17. The van der Waals surface area contributed by atoms with Gasteiger partial charge in [0.15, 0.2) is 0 Å². The van der Waals surface area contributed by atoms with Crippen LogP contribution < -0.4 is 16.4 Å². The Balaban J connectivity index is 2.99. The van der Waals surface area contributed by atoms with E-state index >= 15 is 0 Å². The van der Waals surface area contributed by atoms with Crippen LogP contribution in [0.4, 0.5) is 11.4 Å². The smallest absolute Gasteiger partial charge is 0.0368 e. The van der Waals surface area contributed by atoms with Crippen LogP contribution in [-0.2, 0) is 6.54 Å². The first-order valence-corrected chi connectivity index (χ1v) is 4.48. The molecule has 13 heavy (non-hydrogen) atoms. The number of rotatable bonds is 3. The molecule has 0 radical (unpaired) electrons. The van der Waals surface area contributed by atoms with Gasteiger partial charge in [0.1, 0.15) is 0 Å². The molecule has 72 valence electrons. The number of nitrogens with two attached hydrogens (primary N) is 2. The Morgan fingerprint density at radius 3 is 2.62 bits per heavy atom. The molecule has 1 aromatic rings. The number of benzene rings is 1. The predicted molar refractivity (Wildman–Crippen MR) is 57.7 cm³/mol. The zero-order valence-electron chi connectivity index (χ0n) is 8.25. The summed E-state index contributed by atoms with van der Waals surface area (Å²) in [5.41, 5.74) is 14.3. The van der Waals surface area contributed by atoms with E-state index in [0.717, 1.165) is 23.5 Å². The Hall–Kier alpha value is -1.22. The van der Waals surface area contributed by atoms with Crippen LogP contribution in [0.5, 0.6) is 0 Å². The second kappa shape index (κ2) is 4.14. The Morgan fingerprint density at radius 1 is 1.38 bits per heavy atom. The summed E-state index contributed by atoms with van der Waals surface area (Å²) in [6.45, 7) is 3.59. The maximum absolute atomic E-state index is 5.74. The zero-order valence-corrected chi connectivity index (χ0v) is 8.25. The first-order valence-electron chi connectivity index (χ1n) is 4.48. The SMILES string of the molecule is CCN(C)c1ccc(N)c(CN)c1. The summed E-state index contributed by atoms with van der Waals surface area (Å²) in [5, 5.41) is 0. The van der Waals surface area contributed by atoms with Gasteiger partial charge in [0, 0.05) is 31.5 Å². The summed E-state index contributed by atoms with van der Waals surface area (Å²) in [6.07, 6.45) is 0. The number of nitrogens with zero attached hydrogens (tertiary/aromatic N) is 1. The molecule has 0 bridgehead atoms.